The van der Waals surface area contributed by atoms with Crippen molar-refractivity contribution >= 4 is 0 Å². The lowest BCUT2D eigenvalue weighted by Gasteiger charge is -2.39. The van der Waals surface area contributed by atoms with Crippen LogP contribution in [0.15, 0.2) is 18.5 Å². The van der Waals surface area contributed by atoms with E-state index in [1.807, 2.05) is 20.8 Å². The molecule has 0 aromatic carbocycles. The number of halogens is 3. The summed E-state index contributed by atoms with van der Waals surface area (Å²) in [6.07, 6.45) is -1.09. The van der Waals surface area contributed by atoms with Gasteiger partial charge in [-0.25, -0.2) is 5.43 Å². The molecule has 1 heterocycles. The lowest BCUT2D eigenvalue weighted by Crippen LogP contribution is -2.48. The Morgan fingerprint density at radius 3 is 2.33 bits per heavy atom. The van der Waals surface area contributed by atoms with Crippen LogP contribution in [0.2, 0.25) is 0 Å². The number of nitrogens with two attached hydrogens (primary N) is 1. The zero-order chi connectivity index (χ0) is 16.1. The van der Waals surface area contributed by atoms with Crippen molar-refractivity contribution in [1.29, 1.82) is 0 Å². The molecule has 4 nitrogen and oxygen atoms in total. The van der Waals surface area contributed by atoms with Crippen LogP contribution in [0.3, 0.4) is 0 Å². The molecule has 0 saturated carbocycles. The Kier molecular flexibility index (Phi) is 6.12. The molecule has 1 atom stereocenters. The molecule has 0 spiro atoms. The predicted molar refractivity (Wildman–Crippen MR) is 74.2 cm³/mol. The minimum Gasteiger partial charge on any atom is -0.373 e. The van der Waals surface area contributed by atoms with Crippen molar-refractivity contribution in [2.75, 3.05) is 6.61 Å². The lowest BCUT2D eigenvalue weighted by molar-refractivity contribution is -0.140. The van der Waals surface area contributed by atoms with Crippen molar-refractivity contribution < 1.29 is 17.9 Å². The maximum absolute atomic E-state index is 13.2. The Labute approximate surface area is 122 Å². The number of aromatic nitrogens is 1. The van der Waals surface area contributed by atoms with E-state index in [9.17, 15) is 13.2 Å². The van der Waals surface area contributed by atoms with Gasteiger partial charge in [-0.1, -0.05) is 13.8 Å². The maximum Gasteiger partial charge on any atom is 0.416 e. The van der Waals surface area contributed by atoms with Crippen molar-refractivity contribution in [2.24, 2.45) is 5.84 Å². The molecule has 120 valence electrons. The first-order valence-electron chi connectivity index (χ1n) is 6.97. The number of ether oxygens (including phenoxy) is 1. The van der Waals surface area contributed by atoms with E-state index in [2.05, 4.69) is 10.4 Å². The van der Waals surface area contributed by atoms with E-state index < -0.39 is 23.4 Å². The molecule has 7 heteroatoms. The summed E-state index contributed by atoms with van der Waals surface area (Å²) < 4.78 is 45.3. The van der Waals surface area contributed by atoms with Crippen LogP contribution in [0.1, 0.15) is 50.8 Å². The Morgan fingerprint density at radius 2 is 1.90 bits per heavy atom. The number of nitrogens with zero attached hydrogens (tertiary/aromatic N) is 1. The minimum atomic E-state index is -4.47. The van der Waals surface area contributed by atoms with Crippen LogP contribution in [0, 0.1) is 0 Å². The summed E-state index contributed by atoms with van der Waals surface area (Å²) >= 11 is 0. The van der Waals surface area contributed by atoms with Crippen molar-refractivity contribution in [3.8, 4) is 0 Å². The molecule has 1 aromatic heterocycles. The zero-order valence-corrected chi connectivity index (χ0v) is 12.5. The first kappa shape index (κ1) is 17.9. The number of hydrazine groups is 1. The quantitative estimate of drug-likeness (QED) is 0.600. The maximum atomic E-state index is 13.2. The fraction of sp³-hybridized carbons (Fsp3) is 0.643. The molecule has 0 aliphatic carbocycles. The van der Waals surface area contributed by atoms with Crippen LogP contribution in [0.4, 0.5) is 13.2 Å². The van der Waals surface area contributed by atoms with Gasteiger partial charge in [-0.3, -0.25) is 10.8 Å². The SMILES string of the molecule is CCOC(CC)(CC)C(NN)c1cnccc1C(F)(F)F. The fourth-order valence-corrected chi connectivity index (χ4v) is 2.65. The second kappa shape index (κ2) is 7.20. The van der Waals surface area contributed by atoms with Crippen LogP contribution in [-0.4, -0.2) is 17.2 Å². The second-order valence-corrected chi connectivity index (χ2v) is 4.77. The summed E-state index contributed by atoms with van der Waals surface area (Å²) in [7, 11) is 0. The van der Waals surface area contributed by atoms with Crippen LogP contribution in [0.25, 0.3) is 0 Å². The molecule has 0 aliphatic rings. The topological polar surface area (TPSA) is 60.2 Å². The zero-order valence-electron chi connectivity index (χ0n) is 12.5. The van der Waals surface area contributed by atoms with E-state index in [0.29, 0.717) is 19.4 Å². The normalized spacial score (nSPS) is 14.2. The van der Waals surface area contributed by atoms with Gasteiger partial charge in [-0.2, -0.15) is 13.2 Å². The van der Waals surface area contributed by atoms with Crippen molar-refractivity contribution in [3.05, 3.63) is 29.6 Å². The monoisotopic (exact) mass is 305 g/mol. The average molecular weight is 305 g/mol. The van der Waals surface area contributed by atoms with Gasteiger partial charge < -0.3 is 4.74 Å². The third kappa shape index (κ3) is 3.72. The number of nitrogens with one attached hydrogen (secondary N) is 1. The van der Waals surface area contributed by atoms with E-state index in [0.717, 1.165) is 12.3 Å². The molecule has 1 unspecified atom stereocenters. The van der Waals surface area contributed by atoms with Crippen LogP contribution in [0.5, 0.6) is 0 Å². The van der Waals surface area contributed by atoms with Crippen molar-refractivity contribution in [2.45, 2.75) is 51.4 Å². The third-order valence-corrected chi connectivity index (χ3v) is 3.79. The van der Waals surface area contributed by atoms with Crippen molar-refractivity contribution in [1.82, 2.24) is 10.4 Å². The van der Waals surface area contributed by atoms with E-state index in [-0.39, 0.29) is 5.56 Å². The van der Waals surface area contributed by atoms with Gasteiger partial charge in [0, 0.05) is 24.6 Å². The average Bonchev–Trinajstić information content (AvgIpc) is 2.46. The largest absolute Gasteiger partial charge is 0.416 e. The Morgan fingerprint density at radius 1 is 1.29 bits per heavy atom. The molecule has 0 saturated heterocycles. The first-order chi connectivity index (χ1) is 9.86. The lowest BCUT2D eigenvalue weighted by atomic mass is 9.83. The van der Waals surface area contributed by atoms with E-state index in [4.69, 9.17) is 10.6 Å². The molecule has 0 radical (unpaired) electrons. The highest BCUT2D eigenvalue weighted by molar-refractivity contribution is 5.31. The molecule has 21 heavy (non-hydrogen) atoms. The number of pyridine rings is 1. The van der Waals surface area contributed by atoms with Gasteiger partial charge in [0.2, 0.25) is 0 Å². The van der Waals surface area contributed by atoms with Gasteiger partial charge in [-0.15, -0.1) is 0 Å². The molecule has 0 fully saturated rings. The van der Waals surface area contributed by atoms with E-state index >= 15 is 0 Å². The summed E-state index contributed by atoms with van der Waals surface area (Å²) in [5.41, 5.74) is 0.941. The van der Waals surface area contributed by atoms with Gasteiger partial charge in [0.1, 0.15) is 0 Å². The highest BCUT2D eigenvalue weighted by atomic mass is 19.4. The van der Waals surface area contributed by atoms with Gasteiger partial charge in [0.25, 0.3) is 0 Å². The molecule has 1 rings (SSSR count). The highest BCUT2D eigenvalue weighted by Gasteiger charge is 2.42. The number of alkyl halides is 3. The van der Waals surface area contributed by atoms with Gasteiger partial charge >= 0.3 is 6.18 Å². The highest BCUT2D eigenvalue weighted by Crippen LogP contribution is 2.40. The molecule has 0 amide bonds. The number of hydrogen-bond donors (Lipinski definition) is 2. The summed E-state index contributed by atoms with van der Waals surface area (Å²) in [6.45, 7) is 5.93. The van der Waals surface area contributed by atoms with Gasteiger partial charge in [0.15, 0.2) is 0 Å². The molecule has 0 bridgehead atoms. The van der Waals surface area contributed by atoms with Crippen LogP contribution >= 0.6 is 0 Å². The fourth-order valence-electron chi connectivity index (χ4n) is 2.65. The number of rotatable bonds is 7. The molecule has 3 N–H and O–H groups in total. The Bertz CT molecular complexity index is 447. The molecule has 0 aliphatic heterocycles. The minimum absolute atomic E-state index is 0.00431. The second-order valence-electron chi connectivity index (χ2n) is 4.77. The smallest absolute Gasteiger partial charge is 0.373 e. The van der Waals surface area contributed by atoms with E-state index in [1.165, 1.54) is 6.20 Å². The molecule has 1 aromatic rings. The first-order valence-corrected chi connectivity index (χ1v) is 6.97. The molecular formula is C14H22F3N3O. The Hall–Kier alpha value is -1.18. The summed E-state index contributed by atoms with van der Waals surface area (Å²) in [5, 5.41) is 0. The Balaban J connectivity index is 3.39. The summed E-state index contributed by atoms with van der Waals surface area (Å²) in [6, 6.07) is 0.166. The van der Waals surface area contributed by atoms with Crippen molar-refractivity contribution in [3.63, 3.8) is 0 Å². The predicted octanol–water partition coefficient (Wildman–Crippen LogP) is 3.20. The number of hydrogen-bond acceptors (Lipinski definition) is 4. The van der Waals surface area contributed by atoms with Crippen LogP contribution in [-0.2, 0) is 10.9 Å². The standard InChI is InChI=1S/C14H22F3N3O/c1-4-13(5-2,21-6-3)12(20-18)10-9-19-8-7-11(10)14(15,16)17/h7-9,12,20H,4-6,18H2,1-3H3. The van der Waals surface area contributed by atoms with E-state index in [1.54, 1.807) is 0 Å². The summed E-state index contributed by atoms with van der Waals surface area (Å²) in [5.74, 6) is 5.56. The van der Waals surface area contributed by atoms with Gasteiger partial charge in [0.05, 0.1) is 17.2 Å². The van der Waals surface area contributed by atoms with Crippen LogP contribution < -0.4 is 11.3 Å². The third-order valence-electron chi connectivity index (χ3n) is 3.79. The summed E-state index contributed by atoms with van der Waals surface area (Å²) in [4.78, 5) is 3.82. The van der Waals surface area contributed by atoms with Gasteiger partial charge in [-0.05, 0) is 25.8 Å². The molecular weight excluding hydrogens is 283 g/mol.